The summed E-state index contributed by atoms with van der Waals surface area (Å²) in [5, 5.41) is 4.43. The maximum Gasteiger partial charge on any atom is 0.133 e. The first-order valence-corrected chi connectivity index (χ1v) is 8.05. The van der Waals surface area contributed by atoms with E-state index in [1.807, 2.05) is 18.7 Å². The Bertz CT molecular complexity index is 517. The summed E-state index contributed by atoms with van der Waals surface area (Å²) in [6.07, 6.45) is 7.92. The standard InChI is InChI=1S/C17H26N2O/c1-11-17(12(2)19(3)18-11)7-6-16(20)10-15-9-13-4-5-14(15)8-13/h13-15H,4-10H2,1-3H3. The number of aryl methyl sites for hydroxylation is 2. The fourth-order valence-electron chi connectivity index (χ4n) is 4.46. The van der Waals surface area contributed by atoms with Gasteiger partial charge in [0.1, 0.15) is 5.78 Å². The SMILES string of the molecule is Cc1nn(C)c(C)c1CCC(=O)CC1CC2CCC1C2. The molecule has 3 unspecified atom stereocenters. The zero-order valence-electron chi connectivity index (χ0n) is 13.0. The van der Waals surface area contributed by atoms with Crippen LogP contribution in [-0.4, -0.2) is 15.6 Å². The van der Waals surface area contributed by atoms with E-state index in [1.54, 1.807) is 0 Å². The molecular weight excluding hydrogens is 248 g/mol. The number of aromatic nitrogens is 2. The van der Waals surface area contributed by atoms with Crippen LogP contribution in [0.15, 0.2) is 0 Å². The van der Waals surface area contributed by atoms with Crippen molar-refractivity contribution in [1.29, 1.82) is 0 Å². The van der Waals surface area contributed by atoms with Crippen molar-refractivity contribution >= 4 is 5.78 Å². The van der Waals surface area contributed by atoms with Crippen LogP contribution in [0.1, 0.15) is 55.5 Å². The number of rotatable bonds is 5. The molecule has 3 nitrogen and oxygen atoms in total. The molecule has 1 aromatic rings. The molecule has 2 aliphatic rings. The molecule has 2 bridgehead atoms. The first-order chi connectivity index (χ1) is 9.54. The van der Waals surface area contributed by atoms with Crippen LogP contribution in [0.4, 0.5) is 0 Å². The smallest absolute Gasteiger partial charge is 0.133 e. The topological polar surface area (TPSA) is 34.9 Å². The third kappa shape index (κ3) is 2.55. The van der Waals surface area contributed by atoms with Crippen LogP contribution in [0.25, 0.3) is 0 Å². The zero-order chi connectivity index (χ0) is 14.3. The normalized spacial score (nSPS) is 28.2. The van der Waals surface area contributed by atoms with Gasteiger partial charge in [0.25, 0.3) is 0 Å². The quantitative estimate of drug-likeness (QED) is 0.825. The highest BCUT2D eigenvalue weighted by Gasteiger charge is 2.39. The predicted molar refractivity (Wildman–Crippen MR) is 79.6 cm³/mol. The summed E-state index contributed by atoms with van der Waals surface area (Å²) in [5.74, 6) is 2.98. The Labute approximate surface area is 121 Å². The number of hydrogen-bond donors (Lipinski definition) is 0. The van der Waals surface area contributed by atoms with E-state index in [0.717, 1.165) is 30.4 Å². The molecule has 0 aliphatic heterocycles. The molecule has 3 atom stereocenters. The highest BCUT2D eigenvalue weighted by atomic mass is 16.1. The number of carbonyl (C=O) groups is 1. The van der Waals surface area contributed by atoms with E-state index in [9.17, 15) is 4.79 Å². The van der Waals surface area contributed by atoms with Gasteiger partial charge >= 0.3 is 0 Å². The summed E-state index contributed by atoms with van der Waals surface area (Å²) in [4.78, 5) is 12.3. The third-order valence-corrected chi connectivity index (χ3v) is 5.69. The summed E-state index contributed by atoms with van der Waals surface area (Å²) in [6.45, 7) is 4.14. The molecule has 2 aliphatic carbocycles. The maximum absolute atomic E-state index is 12.3. The van der Waals surface area contributed by atoms with Crippen molar-refractivity contribution in [3.63, 3.8) is 0 Å². The van der Waals surface area contributed by atoms with Crippen LogP contribution < -0.4 is 0 Å². The fourth-order valence-corrected chi connectivity index (χ4v) is 4.46. The summed E-state index contributed by atoms with van der Waals surface area (Å²) in [7, 11) is 1.98. The van der Waals surface area contributed by atoms with Gasteiger partial charge in [0.2, 0.25) is 0 Å². The molecule has 0 aromatic carbocycles. The maximum atomic E-state index is 12.3. The molecule has 0 radical (unpaired) electrons. The molecule has 1 heterocycles. The summed E-state index contributed by atoms with van der Waals surface area (Å²) in [6, 6.07) is 0. The number of ketones is 1. The Hall–Kier alpha value is -1.12. The Morgan fingerprint density at radius 1 is 1.30 bits per heavy atom. The van der Waals surface area contributed by atoms with E-state index in [1.165, 1.54) is 36.9 Å². The summed E-state index contributed by atoms with van der Waals surface area (Å²) >= 11 is 0. The Morgan fingerprint density at radius 2 is 2.10 bits per heavy atom. The first-order valence-electron chi connectivity index (χ1n) is 8.05. The first kappa shape index (κ1) is 13.8. The molecule has 0 N–H and O–H groups in total. The monoisotopic (exact) mass is 274 g/mol. The van der Waals surface area contributed by atoms with E-state index < -0.39 is 0 Å². The van der Waals surface area contributed by atoms with Crippen LogP contribution in [0.5, 0.6) is 0 Å². The fraction of sp³-hybridized carbons (Fsp3) is 0.765. The van der Waals surface area contributed by atoms with Gasteiger partial charge in [0.15, 0.2) is 0 Å². The van der Waals surface area contributed by atoms with Crippen LogP contribution >= 0.6 is 0 Å². The van der Waals surface area contributed by atoms with Crippen molar-refractivity contribution in [2.24, 2.45) is 24.8 Å². The number of Topliss-reactive ketones (excluding diaryl/α,β-unsaturated/α-hetero) is 1. The average Bonchev–Trinajstić information content (AvgIpc) is 3.05. The van der Waals surface area contributed by atoms with Crippen molar-refractivity contribution in [3.8, 4) is 0 Å². The highest BCUT2D eigenvalue weighted by molar-refractivity contribution is 5.79. The summed E-state index contributed by atoms with van der Waals surface area (Å²) < 4.78 is 1.92. The lowest BCUT2D eigenvalue weighted by Crippen LogP contribution is -2.15. The van der Waals surface area contributed by atoms with Gasteiger partial charge in [-0.2, -0.15) is 5.10 Å². The highest BCUT2D eigenvalue weighted by Crippen LogP contribution is 2.49. The number of hydrogen-bond acceptors (Lipinski definition) is 2. The van der Waals surface area contributed by atoms with Crippen molar-refractivity contribution in [1.82, 2.24) is 9.78 Å². The molecule has 2 fully saturated rings. The number of carbonyl (C=O) groups excluding carboxylic acids is 1. The van der Waals surface area contributed by atoms with E-state index >= 15 is 0 Å². The Morgan fingerprint density at radius 3 is 2.65 bits per heavy atom. The molecule has 3 rings (SSSR count). The summed E-state index contributed by atoms with van der Waals surface area (Å²) in [5.41, 5.74) is 3.56. The van der Waals surface area contributed by atoms with Gasteiger partial charge in [-0.05, 0) is 62.8 Å². The lowest BCUT2D eigenvalue weighted by atomic mass is 9.84. The minimum Gasteiger partial charge on any atom is -0.300 e. The molecule has 2 saturated carbocycles. The minimum absolute atomic E-state index is 0.463. The molecule has 20 heavy (non-hydrogen) atoms. The predicted octanol–water partition coefficient (Wildman–Crippen LogP) is 3.36. The third-order valence-electron chi connectivity index (χ3n) is 5.69. The van der Waals surface area contributed by atoms with Gasteiger partial charge < -0.3 is 0 Å². The Balaban J connectivity index is 1.52. The number of nitrogens with zero attached hydrogens (tertiary/aromatic N) is 2. The second kappa shape index (κ2) is 5.34. The second-order valence-electron chi connectivity index (χ2n) is 6.95. The van der Waals surface area contributed by atoms with Crippen molar-refractivity contribution in [2.75, 3.05) is 0 Å². The van der Waals surface area contributed by atoms with Crippen LogP contribution in [0.3, 0.4) is 0 Å². The molecule has 0 spiro atoms. The van der Waals surface area contributed by atoms with Crippen molar-refractivity contribution in [3.05, 3.63) is 17.0 Å². The van der Waals surface area contributed by atoms with Gasteiger partial charge in [-0.25, -0.2) is 0 Å². The van der Waals surface area contributed by atoms with Crippen LogP contribution in [0, 0.1) is 31.6 Å². The van der Waals surface area contributed by atoms with E-state index in [-0.39, 0.29) is 0 Å². The van der Waals surface area contributed by atoms with Gasteiger partial charge in [-0.1, -0.05) is 6.42 Å². The van der Waals surface area contributed by atoms with Gasteiger partial charge in [-0.15, -0.1) is 0 Å². The van der Waals surface area contributed by atoms with Crippen LogP contribution in [-0.2, 0) is 18.3 Å². The van der Waals surface area contributed by atoms with Crippen molar-refractivity contribution in [2.45, 2.75) is 58.8 Å². The van der Waals surface area contributed by atoms with Crippen LogP contribution in [0.2, 0.25) is 0 Å². The van der Waals surface area contributed by atoms with E-state index in [4.69, 9.17) is 0 Å². The lowest BCUT2D eigenvalue weighted by molar-refractivity contribution is -0.120. The van der Waals surface area contributed by atoms with E-state index in [2.05, 4.69) is 12.0 Å². The Kier molecular flexibility index (Phi) is 3.70. The van der Waals surface area contributed by atoms with Gasteiger partial charge in [-0.3, -0.25) is 9.48 Å². The van der Waals surface area contributed by atoms with Crippen molar-refractivity contribution < 1.29 is 4.79 Å². The molecule has 110 valence electrons. The minimum atomic E-state index is 0.463. The molecular formula is C17H26N2O. The second-order valence-corrected chi connectivity index (χ2v) is 6.95. The van der Waals surface area contributed by atoms with Gasteiger partial charge in [0.05, 0.1) is 5.69 Å². The van der Waals surface area contributed by atoms with E-state index in [0.29, 0.717) is 18.1 Å². The molecule has 3 heteroatoms. The van der Waals surface area contributed by atoms with Gasteiger partial charge in [0, 0.05) is 25.6 Å². The average molecular weight is 274 g/mol. The molecule has 0 saturated heterocycles. The molecule has 0 amide bonds. The molecule has 1 aromatic heterocycles. The number of fused-ring (bicyclic) bond motifs is 2. The largest absolute Gasteiger partial charge is 0.300 e. The zero-order valence-corrected chi connectivity index (χ0v) is 13.0. The lowest BCUT2D eigenvalue weighted by Gasteiger charge is -2.20.